The number of hydrogen-bond acceptors (Lipinski definition) is 4. The van der Waals surface area contributed by atoms with Crippen molar-refractivity contribution in [2.45, 2.75) is 6.29 Å². The first kappa shape index (κ1) is 10.1. The molecule has 0 spiro atoms. The smallest absolute Gasteiger partial charge is 0.318 e. The van der Waals surface area contributed by atoms with E-state index in [1.807, 2.05) is 6.07 Å². The Kier molecular flexibility index (Phi) is 3.79. The summed E-state index contributed by atoms with van der Waals surface area (Å²) in [4.78, 5) is 10.7. The Balaban J connectivity index is 2.59. The van der Waals surface area contributed by atoms with Gasteiger partial charge in [-0.1, -0.05) is 30.3 Å². The summed E-state index contributed by atoms with van der Waals surface area (Å²) in [6.45, 7) is 0. The van der Waals surface area contributed by atoms with E-state index in [0.717, 1.165) is 0 Å². The normalized spacial score (nSPS) is 12.2. The van der Waals surface area contributed by atoms with Crippen LogP contribution in [0.4, 0.5) is 0 Å². The van der Waals surface area contributed by atoms with Gasteiger partial charge in [-0.05, 0) is 0 Å². The van der Waals surface area contributed by atoms with Crippen molar-refractivity contribution < 1.29 is 14.6 Å². The number of esters is 1. The van der Waals surface area contributed by atoms with Crippen LogP contribution in [0.25, 0.3) is 0 Å². The van der Waals surface area contributed by atoms with E-state index in [1.54, 1.807) is 24.3 Å². The molecule has 3 nitrogen and oxygen atoms in total. The zero-order valence-corrected chi connectivity index (χ0v) is 7.78. The van der Waals surface area contributed by atoms with Crippen molar-refractivity contribution in [3.8, 4) is 0 Å². The van der Waals surface area contributed by atoms with Crippen molar-refractivity contribution in [1.82, 2.24) is 0 Å². The molecule has 1 atom stereocenters. The summed E-state index contributed by atoms with van der Waals surface area (Å²) in [6.07, 6.45) is -1.19. The Morgan fingerprint density at radius 2 is 2.08 bits per heavy atom. The molecule has 0 saturated heterocycles. The number of thiol groups is 1. The molecule has 0 aliphatic heterocycles. The van der Waals surface area contributed by atoms with E-state index in [0.29, 0.717) is 5.56 Å². The van der Waals surface area contributed by atoms with Gasteiger partial charge in [-0.3, -0.25) is 4.79 Å². The Hall–Kier alpha value is -1.00. The van der Waals surface area contributed by atoms with Crippen LogP contribution in [0, 0.1) is 0 Å². The van der Waals surface area contributed by atoms with Gasteiger partial charge in [0.15, 0.2) is 0 Å². The van der Waals surface area contributed by atoms with Gasteiger partial charge in [-0.25, -0.2) is 0 Å². The van der Waals surface area contributed by atoms with Crippen LogP contribution in [-0.4, -0.2) is 16.8 Å². The van der Waals surface area contributed by atoms with Crippen molar-refractivity contribution in [3.63, 3.8) is 0 Å². The maximum Gasteiger partial charge on any atom is 0.318 e. The molecular formula is C9H10O3S. The molecule has 13 heavy (non-hydrogen) atoms. The van der Waals surface area contributed by atoms with E-state index >= 15 is 0 Å². The largest absolute Gasteiger partial charge is 0.431 e. The van der Waals surface area contributed by atoms with Crippen LogP contribution < -0.4 is 0 Å². The summed E-state index contributed by atoms with van der Waals surface area (Å²) in [5.41, 5.74) is 0.553. The highest BCUT2D eigenvalue weighted by atomic mass is 32.1. The molecule has 0 fully saturated rings. The third kappa shape index (κ3) is 3.08. The summed E-state index contributed by atoms with van der Waals surface area (Å²) in [5, 5.41) is 9.35. The number of aliphatic hydroxyl groups is 1. The molecule has 0 amide bonds. The standard InChI is InChI=1S/C9H10O3S/c10-8(6-13)12-9(11)7-4-2-1-3-5-7/h1-5,9,11,13H,6H2. The molecule has 0 radical (unpaired) electrons. The number of ether oxygens (including phenoxy) is 1. The molecule has 1 N–H and O–H groups in total. The Morgan fingerprint density at radius 1 is 1.46 bits per heavy atom. The average molecular weight is 198 g/mol. The molecule has 0 aromatic heterocycles. The molecule has 70 valence electrons. The van der Waals surface area contributed by atoms with Crippen LogP contribution in [0.5, 0.6) is 0 Å². The third-order valence-electron chi connectivity index (χ3n) is 1.46. The number of benzene rings is 1. The van der Waals surface area contributed by atoms with Gasteiger partial charge in [0.1, 0.15) is 0 Å². The van der Waals surface area contributed by atoms with Crippen LogP contribution in [0.15, 0.2) is 30.3 Å². The first-order valence-corrected chi connectivity index (χ1v) is 4.40. The van der Waals surface area contributed by atoms with Crippen molar-refractivity contribution in [2.75, 3.05) is 5.75 Å². The number of carbonyl (C=O) groups is 1. The van der Waals surface area contributed by atoms with E-state index in [-0.39, 0.29) is 5.75 Å². The fourth-order valence-corrected chi connectivity index (χ4v) is 0.922. The lowest BCUT2D eigenvalue weighted by Crippen LogP contribution is -2.11. The Bertz CT molecular complexity index is 273. The van der Waals surface area contributed by atoms with Gasteiger partial charge < -0.3 is 9.84 Å². The summed E-state index contributed by atoms with van der Waals surface area (Å²) >= 11 is 3.72. The number of rotatable bonds is 3. The van der Waals surface area contributed by atoms with Gasteiger partial charge in [-0.2, -0.15) is 12.6 Å². The maximum absolute atomic E-state index is 10.7. The minimum atomic E-state index is -1.19. The van der Waals surface area contributed by atoms with E-state index in [9.17, 15) is 9.90 Å². The van der Waals surface area contributed by atoms with Crippen molar-refractivity contribution in [1.29, 1.82) is 0 Å². The summed E-state index contributed by atoms with van der Waals surface area (Å²) in [6, 6.07) is 8.68. The van der Waals surface area contributed by atoms with Gasteiger partial charge in [0, 0.05) is 5.56 Å². The first-order chi connectivity index (χ1) is 6.24. The Labute approximate surface area is 81.8 Å². The van der Waals surface area contributed by atoms with Crippen LogP contribution >= 0.6 is 12.6 Å². The highest BCUT2D eigenvalue weighted by molar-refractivity contribution is 7.81. The molecule has 4 heteroatoms. The fourth-order valence-electron chi connectivity index (χ4n) is 0.847. The lowest BCUT2D eigenvalue weighted by atomic mass is 10.2. The molecular weight excluding hydrogens is 188 g/mol. The molecule has 0 heterocycles. The predicted octanol–water partition coefficient (Wildman–Crippen LogP) is 1.15. The molecule has 1 rings (SSSR count). The average Bonchev–Trinajstić information content (AvgIpc) is 2.19. The van der Waals surface area contributed by atoms with Crippen LogP contribution in [-0.2, 0) is 9.53 Å². The number of hydrogen-bond donors (Lipinski definition) is 2. The third-order valence-corrected chi connectivity index (χ3v) is 1.72. The van der Waals surface area contributed by atoms with Gasteiger partial charge in [0.25, 0.3) is 0 Å². The van der Waals surface area contributed by atoms with Crippen molar-refractivity contribution in [3.05, 3.63) is 35.9 Å². The lowest BCUT2D eigenvalue weighted by Gasteiger charge is -2.10. The fraction of sp³-hybridized carbons (Fsp3) is 0.222. The molecule has 0 aliphatic rings. The second kappa shape index (κ2) is 4.89. The monoisotopic (exact) mass is 198 g/mol. The molecule has 0 saturated carbocycles. The van der Waals surface area contributed by atoms with Crippen LogP contribution in [0.3, 0.4) is 0 Å². The first-order valence-electron chi connectivity index (χ1n) is 3.77. The summed E-state index contributed by atoms with van der Waals surface area (Å²) in [7, 11) is 0. The Morgan fingerprint density at radius 3 is 2.62 bits per heavy atom. The highest BCUT2D eigenvalue weighted by Gasteiger charge is 2.10. The van der Waals surface area contributed by atoms with Crippen molar-refractivity contribution in [2.24, 2.45) is 0 Å². The van der Waals surface area contributed by atoms with E-state index in [4.69, 9.17) is 0 Å². The minimum Gasteiger partial charge on any atom is -0.431 e. The lowest BCUT2D eigenvalue weighted by molar-refractivity contribution is -0.165. The van der Waals surface area contributed by atoms with Gasteiger partial charge in [-0.15, -0.1) is 0 Å². The molecule has 1 aromatic carbocycles. The van der Waals surface area contributed by atoms with E-state index in [1.165, 1.54) is 0 Å². The van der Waals surface area contributed by atoms with Gasteiger partial charge >= 0.3 is 5.97 Å². The summed E-state index contributed by atoms with van der Waals surface area (Å²) < 4.78 is 4.63. The molecule has 1 aromatic rings. The SMILES string of the molecule is O=C(CS)OC(O)c1ccccc1. The van der Waals surface area contributed by atoms with Gasteiger partial charge in [0.05, 0.1) is 5.75 Å². The highest BCUT2D eigenvalue weighted by Crippen LogP contribution is 2.13. The van der Waals surface area contributed by atoms with E-state index < -0.39 is 12.3 Å². The predicted molar refractivity (Wildman–Crippen MR) is 51.3 cm³/mol. The second-order valence-electron chi connectivity index (χ2n) is 2.41. The van der Waals surface area contributed by atoms with Crippen LogP contribution in [0.2, 0.25) is 0 Å². The molecule has 1 unspecified atom stereocenters. The van der Waals surface area contributed by atoms with E-state index in [2.05, 4.69) is 17.4 Å². The maximum atomic E-state index is 10.7. The second-order valence-corrected chi connectivity index (χ2v) is 2.73. The molecule has 0 aliphatic carbocycles. The number of aliphatic hydroxyl groups excluding tert-OH is 1. The zero-order valence-electron chi connectivity index (χ0n) is 6.88. The van der Waals surface area contributed by atoms with Crippen LogP contribution in [0.1, 0.15) is 11.9 Å². The summed E-state index contributed by atoms with van der Waals surface area (Å²) in [5.74, 6) is -0.580. The van der Waals surface area contributed by atoms with Crippen molar-refractivity contribution >= 4 is 18.6 Å². The minimum absolute atomic E-state index is 0.0378. The zero-order chi connectivity index (χ0) is 9.68. The topological polar surface area (TPSA) is 46.5 Å². The molecule has 0 bridgehead atoms. The quantitative estimate of drug-likeness (QED) is 0.435. The van der Waals surface area contributed by atoms with Gasteiger partial charge in [0.2, 0.25) is 6.29 Å². The number of carbonyl (C=O) groups excluding carboxylic acids is 1.